The second-order valence-corrected chi connectivity index (χ2v) is 6.17. The minimum atomic E-state index is -0.182. The van der Waals surface area contributed by atoms with Crippen molar-refractivity contribution >= 4 is 11.6 Å². The molecule has 5 heteroatoms. The van der Waals surface area contributed by atoms with Crippen LogP contribution in [0.25, 0.3) is 11.6 Å². The van der Waals surface area contributed by atoms with Crippen LogP contribution in [0.2, 0.25) is 0 Å². The summed E-state index contributed by atoms with van der Waals surface area (Å²) in [5, 5.41) is 13.7. The maximum atomic E-state index is 9.56. The first-order valence-electron chi connectivity index (χ1n) is 8.81. The van der Waals surface area contributed by atoms with Crippen LogP contribution in [0.1, 0.15) is 34.3 Å². The maximum absolute atomic E-state index is 9.56. The van der Waals surface area contributed by atoms with Gasteiger partial charge >= 0.3 is 0 Å². The molecule has 0 spiro atoms. The number of benzene rings is 2. The molecule has 0 fully saturated rings. The van der Waals surface area contributed by atoms with E-state index in [2.05, 4.69) is 21.2 Å². The number of aromatic nitrogens is 3. The average Bonchev–Trinajstić information content (AvgIpc) is 3.24. The van der Waals surface area contributed by atoms with Crippen molar-refractivity contribution in [3.63, 3.8) is 0 Å². The summed E-state index contributed by atoms with van der Waals surface area (Å²) in [6.07, 6.45) is 5.04. The Bertz CT molecular complexity index is 1070. The smallest absolute Gasteiger partial charge is 0.268 e. The summed E-state index contributed by atoms with van der Waals surface area (Å²) >= 11 is 0. The molecule has 0 amide bonds. The van der Waals surface area contributed by atoms with Gasteiger partial charge in [0.25, 0.3) is 5.89 Å². The second kappa shape index (κ2) is 8.11. The Kier molecular flexibility index (Phi) is 5.03. The van der Waals surface area contributed by atoms with Crippen molar-refractivity contribution in [3.05, 3.63) is 114 Å². The molecule has 0 bridgehead atoms. The lowest BCUT2D eigenvalue weighted by molar-refractivity contribution is 0.401. The minimum Gasteiger partial charge on any atom is -0.333 e. The molecule has 0 aliphatic carbocycles. The number of rotatable bonds is 5. The van der Waals surface area contributed by atoms with Crippen molar-refractivity contribution in [1.82, 2.24) is 15.1 Å². The molecule has 2 aromatic heterocycles. The quantitative estimate of drug-likeness (QED) is 0.479. The van der Waals surface area contributed by atoms with E-state index in [1.807, 2.05) is 66.7 Å². The number of hydrogen-bond donors (Lipinski definition) is 0. The number of nitrogens with zero attached hydrogens (tertiary/aromatic N) is 4. The molecule has 5 nitrogen and oxygen atoms in total. The number of nitriles is 1. The summed E-state index contributed by atoms with van der Waals surface area (Å²) in [5.74, 6) is 0.524. The van der Waals surface area contributed by atoms with Crippen LogP contribution in [0.15, 0.2) is 89.7 Å². The van der Waals surface area contributed by atoms with Crippen LogP contribution in [-0.2, 0) is 0 Å². The molecule has 2 aromatic carbocycles. The summed E-state index contributed by atoms with van der Waals surface area (Å²) < 4.78 is 5.44. The van der Waals surface area contributed by atoms with Crippen molar-refractivity contribution in [2.45, 2.75) is 5.92 Å². The van der Waals surface area contributed by atoms with Gasteiger partial charge in [-0.25, -0.2) is 0 Å². The van der Waals surface area contributed by atoms with Crippen LogP contribution in [0.3, 0.4) is 0 Å². The van der Waals surface area contributed by atoms with Gasteiger partial charge in [-0.3, -0.25) is 4.98 Å². The van der Waals surface area contributed by atoms with E-state index in [9.17, 15) is 5.26 Å². The normalized spacial score (nSPS) is 11.4. The molecule has 2 heterocycles. The minimum absolute atomic E-state index is 0.182. The van der Waals surface area contributed by atoms with E-state index in [0.717, 1.165) is 16.7 Å². The Hall–Kier alpha value is -4.04. The zero-order chi connectivity index (χ0) is 19.2. The maximum Gasteiger partial charge on any atom is 0.268 e. The fraction of sp³-hybridized carbons (Fsp3) is 0.0435. The van der Waals surface area contributed by atoms with Gasteiger partial charge in [0.1, 0.15) is 11.6 Å². The monoisotopic (exact) mass is 364 g/mol. The highest BCUT2D eigenvalue weighted by molar-refractivity contribution is 5.86. The Morgan fingerprint density at radius 1 is 0.929 bits per heavy atom. The predicted octanol–water partition coefficient (Wildman–Crippen LogP) is 4.71. The van der Waals surface area contributed by atoms with Gasteiger partial charge in [-0.05, 0) is 28.8 Å². The lowest BCUT2D eigenvalue weighted by Gasteiger charge is -2.13. The molecule has 0 saturated heterocycles. The van der Waals surface area contributed by atoms with Gasteiger partial charge in [0, 0.05) is 12.4 Å². The van der Waals surface area contributed by atoms with Crippen LogP contribution in [-0.4, -0.2) is 15.1 Å². The molecule has 0 atom stereocenters. The Morgan fingerprint density at radius 3 is 2.18 bits per heavy atom. The van der Waals surface area contributed by atoms with Crippen LogP contribution in [0, 0.1) is 11.3 Å². The van der Waals surface area contributed by atoms with Crippen LogP contribution >= 0.6 is 0 Å². The van der Waals surface area contributed by atoms with E-state index in [0.29, 0.717) is 11.4 Å². The molecule has 0 saturated carbocycles. The molecule has 4 rings (SSSR count). The van der Waals surface area contributed by atoms with Crippen LogP contribution in [0.5, 0.6) is 0 Å². The van der Waals surface area contributed by atoms with E-state index in [4.69, 9.17) is 4.52 Å². The third-order valence-electron chi connectivity index (χ3n) is 4.31. The molecular weight excluding hydrogens is 348 g/mol. The first kappa shape index (κ1) is 17.4. The fourth-order valence-electron chi connectivity index (χ4n) is 3.01. The van der Waals surface area contributed by atoms with Crippen molar-refractivity contribution < 1.29 is 4.52 Å². The van der Waals surface area contributed by atoms with E-state index < -0.39 is 0 Å². The van der Waals surface area contributed by atoms with E-state index >= 15 is 0 Å². The standard InChI is InChI=1S/C23H16N4O/c24-15-20(14-17-8-7-13-25-16-17)23-26-22(27-28-23)21(18-9-3-1-4-10-18)19-11-5-2-6-12-19/h1-14,16,21H. The van der Waals surface area contributed by atoms with Gasteiger partial charge in [-0.2, -0.15) is 10.2 Å². The van der Waals surface area contributed by atoms with Crippen LogP contribution < -0.4 is 0 Å². The summed E-state index contributed by atoms with van der Waals surface area (Å²) in [6, 6.07) is 25.8. The van der Waals surface area contributed by atoms with E-state index in [1.54, 1.807) is 24.5 Å². The van der Waals surface area contributed by atoms with Gasteiger partial charge in [0.05, 0.1) is 5.92 Å². The molecule has 28 heavy (non-hydrogen) atoms. The molecular formula is C23H16N4O. The molecule has 0 unspecified atom stereocenters. The first-order valence-corrected chi connectivity index (χ1v) is 8.81. The van der Waals surface area contributed by atoms with Crippen molar-refractivity contribution in [2.75, 3.05) is 0 Å². The molecule has 0 radical (unpaired) electrons. The highest BCUT2D eigenvalue weighted by atomic mass is 16.5. The summed E-state index contributed by atoms with van der Waals surface area (Å²) in [6.45, 7) is 0. The second-order valence-electron chi connectivity index (χ2n) is 6.17. The molecule has 0 aliphatic heterocycles. The summed E-state index contributed by atoms with van der Waals surface area (Å²) in [7, 11) is 0. The lowest BCUT2D eigenvalue weighted by Crippen LogP contribution is -2.05. The zero-order valence-electron chi connectivity index (χ0n) is 14.9. The Labute approximate surface area is 162 Å². The number of hydrogen-bond acceptors (Lipinski definition) is 5. The summed E-state index contributed by atoms with van der Waals surface area (Å²) in [4.78, 5) is 8.60. The highest BCUT2D eigenvalue weighted by Crippen LogP contribution is 2.30. The third-order valence-corrected chi connectivity index (χ3v) is 4.31. The first-order chi connectivity index (χ1) is 13.8. The SMILES string of the molecule is N#CC(=Cc1cccnc1)c1nc(C(c2ccccc2)c2ccccc2)no1. The van der Waals surface area contributed by atoms with E-state index in [1.165, 1.54) is 0 Å². The van der Waals surface area contributed by atoms with Gasteiger partial charge in [-0.1, -0.05) is 71.9 Å². The number of allylic oxidation sites excluding steroid dienone is 1. The van der Waals surface area contributed by atoms with E-state index in [-0.39, 0.29) is 11.8 Å². The van der Waals surface area contributed by atoms with Crippen LogP contribution in [0.4, 0.5) is 0 Å². The molecule has 4 aromatic rings. The lowest BCUT2D eigenvalue weighted by atomic mass is 9.91. The van der Waals surface area contributed by atoms with Crippen molar-refractivity contribution in [3.8, 4) is 6.07 Å². The van der Waals surface area contributed by atoms with Gasteiger partial charge in [0.15, 0.2) is 5.82 Å². The molecule has 134 valence electrons. The van der Waals surface area contributed by atoms with Gasteiger partial charge < -0.3 is 4.52 Å². The fourth-order valence-corrected chi connectivity index (χ4v) is 3.01. The Balaban J connectivity index is 1.75. The topological polar surface area (TPSA) is 75.6 Å². The Morgan fingerprint density at radius 2 is 1.61 bits per heavy atom. The van der Waals surface area contributed by atoms with Crippen molar-refractivity contribution in [2.24, 2.45) is 0 Å². The predicted molar refractivity (Wildman–Crippen MR) is 106 cm³/mol. The molecule has 0 aliphatic rings. The van der Waals surface area contributed by atoms with Gasteiger partial charge in [0.2, 0.25) is 0 Å². The largest absolute Gasteiger partial charge is 0.333 e. The molecule has 0 N–H and O–H groups in total. The summed E-state index contributed by atoms with van der Waals surface area (Å²) in [5.41, 5.74) is 3.19. The highest BCUT2D eigenvalue weighted by Gasteiger charge is 2.23. The zero-order valence-corrected chi connectivity index (χ0v) is 14.9. The van der Waals surface area contributed by atoms with Crippen molar-refractivity contribution in [1.29, 1.82) is 5.26 Å². The average molecular weight is 364 g/mol. The number of pyridine rings is 1. The third kappa shape index (κ3) is 3.71. The van der Waals surface area contributed by atoms with Gasteiger partial charge in [-0.15, -0.1) is 0 Å².